The summed E-state index contributed by atoms with van der Waals surface area (Å²) in [5.41, 5.74) is 0. The van der Waals surface area contributed by atoms with Crippen molar-refractivity contribution in [3.63, 3.8) is 0 Å². The van der Waals surface area contributed by atoms with Gasteiger partial charge in [0.1, 0.15) is 12.2 Å². The molecule has 1 saturated carbocycles. The molecule has 7 nitrogen and oxygen atoms in total. The van der Waals surface area contributed by atoms with Crippen LogP contribution in [0.5, 0.6) is 0 Å². The molecule has 1 aliphatic carbocycles. The largest absolute Gasteiger partial charge is 0.323 e. The molecule has 1 aromatic heterocycles. The van der Waals surface area contributed by atoms with Gasteiger partial charge in [0.05, 0.1) is 38.1 Å². The average molecular weight is 320 g/mol. The normalized spacial score (nSPS) is 30.5. The maximum Gasteiger partial charge on any atom is 0.237 e. The first kappa shape index (κ1) is 15.9. The number of carbonyl (C=O) groups excluding carboxylic acids is 1. The van der Waals surface area contributed by atoms with E-state index >= 15 is 0 Å². The van der Waals surface area contributed by atoms with Crippen LogP contribution in [0.1, 0.15) is 25.7 Å². The molecule has 1 aromatic rings. The summed E-state index contributed by atoms with van der Waals surface area (Å²) in [5.74, 6) is 0.317. The summed E-state index contributed by atoms with van der Waals surface area (Å²) in [6, 6.07) is 1.66. The van der Waals surface area contributed by atoms with Crippen LogP contribution in [0, 0.1) is 17.2 Å². The van der Waals surface area contributed by atoms with Gasteiger partial charge < -0.3 is 10.2 Å². The Morgan fingerprint density at radius 3 is 2.87 bits per heavy atom. The van der Waals surface area contributed by atoms with Gasteiger partial charge in [-0.1, -0.05) is 0 Å². The Morgan fingerprint density at radius 2 is 2.13 bits per heavy atom. The molecule has 0 radical (unpaired) electrons. The van der Waals surface area contributed by atoms with Crippen LogP contribution in [0.25, 0.3) is 0 Å². The molecule has 2 aliphatic rings. The number of aromatic nitrogens is 3. The van der Waals surface area contributed by atoms with Crippen LogP contribution in [0.4, 0.5) is 4.39 Å². The SMILES string of the molecule is N#CC1CC(F)CN1C(=O)CNC1CCC(Cn2nccn2)C1. The molecule has 124 valence electrons. The van der Waals surface area contributed by atoms with E-state index in [4.69, 9.17) is 5.26 Å². The van der Waals surface area contributed by atoms with Crippen LogP contribution < -0.4 is 5.32 Å². The van der Waals surface area contributed by atoms with Crippen molar-refractivity contribution in [2.24, 2.45) is 5.92 Å². The minimum absolute atomic E-state index is 0.0387. The molecule has 0 bridgehead atoms. The fourth-order valence-corrected chi connectivity index (χ4v) is 3.51. The summed E-state index contributed by atoms with van der Waals surface area (Å²) in [6.45, 7) is 1.00. The van der Waals surface area contributed by atoms with E-state index < -0.39 is 12.2 Å². The van der Waals surface area contributed by atoms with Crippen molar-refractivity contribution >= 4 is 5.91 Å². The summed E-state index contributed by atoms with van der Waals surface area (Å²) in [7, 11) is 0. The standard InChI is InChI=1S/C15H21FN6O/c16-12-6-14(7-17)21(10-12)15(23)8-18-13-2-1-11(5-13)9-22-19-3-4-20-22/h3-4,11-14,18H,1-2,5-6,8-10H2. The van der Waals surface area contributed by atoms with Crippen LogP contribution in [-0.2, 0) is 11.3 Å². The zero-order valence-electron chi connectivity index (χ0n) is 12.9. The maximum atomic E-state index is 13.4. The molecule has 1 N–H and O–H groups in total. The van der Waals surface area contributed by atoms with Crippen molar-refractivity contribution < 1.29 is 9.18 Å². The fourth-order valence-electron chi connectivity index (χ4n) is 3.51. The highest BCUT2D eigenvalue weighted by Crippen LogP contribution is 2.26. The number of alkyl halides is 1. The van der Waals surface area contributed by atoms with E-state index in [0.29, 0.717) is 5.92 Å². The zero-order chi connectivity index (χ0) is 16.2. The van der Waals surface area contributed by atoms with E-state index in [0.717, 1.165) is 25.8 Å². The van der Waals surface area contributed by atoms with Gasteiger partial charge in [0.25, 0.3) is 0 Å². The maximum absolute atomic E-state index is 13.4. The van der Waals surface area contributed by atoms with E-state index in [9.17, 15) is 9.18 Å². The quantitative estimate of drug-likeness (QED) is 0.853. The van der Waals surface area contributed by atoms with Crippen molar-refractivity contribution in [3.8, 4) is 6.07 Å². The number of nitriles is 1. The van der Waals surface area contributed by atoms with Crippen molar-refractivity contribution in [3.05, 3.63) is 12.4 Å². The first-order valence-electron chi connectivity index (χ1n) is 8.06. The monoisotopic (exact) mass is 320 g/mol. The predicted octanol–water partition coefficient (Wildman–Crippen LogP) is 0.499. The zero-order valence-corrected chi connectivity index (χ0v) is 12.9. The highest BCUT2D eigenvalue weighted by Gasteiger charge is 2.35. The van der Waals surface area contributed by atoms with E-state index in [-0.39, 0.29) is 31.5 Å². The second kappa shape index (κ2) is 7.04. The molecule has 4 atom stereocenters. The Labute approximate surface area is 134 Å². The molecular formula is C15H21FN6O. The second-order valence-corrected chi connectivity index (χ2v) is 6.36. The third kappa shape index (κ3) is 3.85. The van der Waals surface area contributed by atoms with Crippen molar-refractivity contribution in [1.82, 2.24) is 25.2 Å². The second-order valence-electron chi connectivity index (χ2n) is 6.36. The van der Waals surface area contributed by atoms with E-state index in [2.05, 4.69) is 15.5 Å². The van der Waals surface area contributed by atoms with Crippen LogP contribution in [0.2, 0.25) is 0 Å². The molecule has 0 aromatic carbocycles. The summed E-state index contributed by atoms with van der Waals surface area (Å²) < 4.78 is 13.4. The molecular weight excluding hydrogens is 299 g/mol. The molecule has 8 heteroatoms. The average Bonchev–Trinajstić information content (AvgIpc) is 3.26. The number of amides is 1. The summed E-state index contributed by atoms with van der Waals surface area (Å²) >= 11 is 0. The minimum atomic E-state index is -1.08. The smallest absolute Gasteiger partial charge is 0.237 e. The summed E-state index contributed by atoms with van der Waals surface area (Å²) in [4.78, 5) is 15.2. The molecule has 2 fully saturated rings. The van der Waals surface area contributed by atoms with Crippen molar-refractivity contribution in [1.29, 1.82) is 5.26 Å². The number of hydrogen-bond acceptors (Lipinski definition) is 5. The molecule has 4 unspecified atom stereocenters. The van der Waals surface area contributed by atoms with Crippen LogP contribution in [0.15, 0.2) is 12.4 Å². The lowest BCUT2D eigenvalue weighted by Crippen LogP contribution is -2.43. The number of nitrogens with one attached hydrogen (secondary N) is 1. The fraction of sp³-hybridized carbons (Fsp3) is 0.733. The number of nitrogens with zero attached hydrogens (tertiary/aromatic N) is 5. The van der Waals surface area contributed by atoms with Crippen molar-refractivity contribution in [2.75, 3.05) is 13.1 Å². The summed E-state index contributed by atoms with van der Waals surface area (Å²) in [6.07, 6.45) is 5.44. The number of likely N-dealkylation sites (tertiary alicyclic amines) is 1. The molecule has 1 aliphatic heterocycles. The van der Waals surface area contributed by atoms with Gasteiger partial charge in [0, 0.05) is 12.5 Å². The van der Waals surface area contributed by atoms with Crippen LogP contribution in [0.3, 0.4) is 0 Å². The molecule has 1 saturated heterocycles. The predicted molar refractivity (Wildman–Crippen MR) is 79.8 cm³/mol. The minimum Gasteiger partial charge on any atom is -0.323 e. The summed E-state index contributed by atoms with van der Waals surface area (Å²) in [5, 5.41) is 20.5. The molecule has 3 rings (SSSR count). The lowest BCUT2D eigenvalue weighted by atomic mass is 10.1. The third-order valence-electron chi connectivity index (χ3n) is 4.69. The number of rotatable bonds is 5. The van der Waals surface area contributed by atoms with Gasteiger partial charge in [-0.05, 0) is 25.2 Å². The third-order valence-corrected chi connectivity index (χ3v) is 4.69. The van der Waals surface area contributed by atoms with Crippen LogP contribution in [-0.4, -0.2) is 57.1 Å². The first-order chi connectivity index (χ1) is 11.2. The van der Waals surface area contributed by atoms with Gasteiger partial charge >= 0.3 is 0 Å². The Balaban J connectivity index is 1.42. The molecule has 2 heterocycles. The van der Waals surface area contributed by atoms with Gasteiger partial charge in [-0.25, -0.2) is 4.39 Å². The van der Waals surface area contributed by atoms with Gasteiger partial charge in [-0.3, -0.25) is 4.79 Å². The van der Waals surface area contributed by atoms with E-state index in [1.54, 1.807) is 17.2 Å². The van der Waals surface area contributed by atoms with Crippen LogP contribution >= 0.6 is 0 Å². The Hall–Kier alpha value is -2.01. The van der Waals surface area contributed by atoms with Gasteiger partial charge in [-0.2, -0.15) is 20.3 Å². The van der Waals surface area contributed by atoms with Crippen molar-refractivity contribution in [2.45, 2.75) is 50.5 Å². The highest BCUT2D eigenvalue weighted by molar-refractivity contribution is 5.79. The first-order valence-corrected chi connectivity index (χ1v) is 8.06. The topological polar surface area (TPSA) is 86.8 Å². The molecule has 1 amide bonds. The lowest BCUT2D eigenvalue weighted by Gasteiger charge is -2.21. The Bertz CT molecular complexity index is 571. The van der Waals surface area contributed by atoms with Gasteiger partial charge in [0.15, 0.2) is 0 Å². The lowest BCUT2D eigenvalue weighted by molar-refractivity contribution is -0.130. The molecule has 0 spiro atoms. The highest BCUT2D eigenvalue weighted by atomic mass is 19.1. The Kier molecular flexibility index (Phi) is 4.86. The van der Waals surface area contributed by atoms with Gasteiger partial charge in [0.2, 0.25) is 5.91 Å². The van der Waals surface area contributed by atoms with E-state index in [1.807, 2.05) is 6.07 Å². The number of halogens is 1. The number of carbonyl (C=O) groups is 1. The number of hydrogen-bond donors (Lipinski definition) is 1. The van der Waals surface area contributed by atoms with Gasteiger partial charge in [-0.15, -0.1) is 0 Å². The molecule has 23 heavy (non-hydrogen) atoms. The van der Waals surface area contributed by atoms with E-state index in [1.165, 1.54) is 4.90 Å². The Morgan fingerprint density at radius 1 is 1.35 bits per heavy atom.